The van der Waals surface area contributed by atoms with Crippen molar-refractivity contribution in [1.82, 2.24) is 0 Å². The van der Waals surface area contributed by atoms with Gasteiger partial charge in [0.15, 0.2) is 0 Å². The van der Waals surface area contributed by atoms with Crippen LogP contribution in [0, 0.1) is 0 Å². The molecular formula is C14H20O3. The van der Waals surface area contributed by atoms with Crippen LogP contribution in [0.1, 0.15) is 25.3 Å². The van der Waals surface area contributed by atoms with Crippen molar-refractivity contribution in [2.75, 3.05) is 13.7 Å². The second-order valence-electron chi connectivity index (χ2n) is 4.89. The molecular weight excluding hydrogens is 216 g/mol. The van der Waals surface area contributed by atoms with Gasteiger partial charge < -0.3 is 14.6 Å². The molecule has 0 aliphatic carbocycles. The Balaban J connectivity index is 2.08. The molecule has 0 amide bonds. The highest BCUT2D eigenvalue weighted by Crippen LogP contribution is 2.29. The van der Waals surface area contributed by atoms with Crippen molar-refractivity contribution in [2.45, 2.75) is 37.9 Å². The summed E-state index contributed by atoms with van der Waals surface area (Å²) in [6, 6.07) is 7.89. The van der Waals surface area contributed by atoms with Crippen LogP contribution in [0.5, 0.6) is 5.75 Å². The molecule has 1 heterocycles. The van der Waals surface area contributed by atoms with Crippen LogP contribution in [0.15, 0.2) is 24.3 Å². The SMILES string of the molecule is COc1cccc(CC2(O)CCOC(C)C2)c1. The van der Waals surface area contributed by atoms with Crippen molar-refractivity contribution >= 4 is 0 Å². The third-order valence-electron chi connectivity index (χ3n) is 3.30. The monoisotopic (exact) mass is 236 g/mol. The van der Waals surface area contributed by atoms with Gasteiger partial charge in [-0.2, -0.15) is 0 Å². The average molecular weight is 236 g/mol. The Hall–Kier alpha value is -1.06. The molecule has 1 fully saturated rings. The predicted molar refractivity (Wildman–Crippen MR) is 66.3 cm³/mol. The number of rotatable bonds is 3. The molecule has 3 nitrogen and oxygen atoms in total. The molecule has 0 spiro atoms. The van der Waals surface area contributed by atoms with Gasteiger partial charge in [0.1, 0.15) is 5.75 Å². The molecule has 1 aromatic carbocycles. The zero-order valence-corrected chi connectivity index (χ0v) is 10.5. The van der Waals surface area contributed by atoms with Gasteiger partial charge in [-0.3, -0.25) is 0 Å². The Kier molecular flexibility index (Phi) is 3.69. The van der Waals surface area contributed by atoms with E-state index in [0.29, 0.717) is 25.9 Å². The fourth-order valence-electron chi connectivity index (χ4n) is 2.47. The Bertz CT molecular complexity index is 377. The lowest BCUT2D eigenvalue weighted by Gasteiger charge is -2.35. The van der Waals surface area contributed by atoms with Crippen molar-refractivity contribution in [3.8, 4) is 5.75 Å². The molecule has 0 bridgehead atoms. The zero-order valence-electron chi connectivity index (χ0n) is 10.5. The maximum atomic E-state index is 10.5. The number of ether oxygens (including phenoxy) is 2. The topological polar surface area (TPSA) is 38.7 Å². The van der Waals surface area contributed by atoms with Gasteiger partial charge in [0.2, 0.25) is 0 Å². The smallest absolute Gasteiger partial charge is 0.119 e. The third kappa shape index (κ3) is 3.20. The molecule has 2 rings (SSSR count). The summed E-state index contributed by atoms with van der Waals surface area (Å²) in [4.78, 5) is 0. The molecule has 3 heteroatoms. The lowest BCUT2D eigenvalue weighted by molar-refractivity contribution is -0.0961. The molecule has 1 aromatic rings. The fraction of sp³-hybridized carbons (Fsp3) is 0.571. The summed E-state index contributed by atoms with van der Waals surface area (Å²) in [5, 5.41) is 10.5. The highest BCUT2D eigenvalue weighted by atomic mass is 16.5. The summed E-state index contributed by atoms with van der Waals surface area (Å²) in [7, 11) is 1.66. The van der Waals surface area contributed by atoms with Gasteiger partial charge in [0.25, 0.3) is 0 Å². The van der Waals surface area contributed by atoms with Crippen LogP contribution < -0.4 is 4.74 Å². The number of hydrogen-bond acceptors (Lipinski definition) is 3. The summed E-state index contributed by atoms with van der Waals surface area (Å²) in [5.41, 5.74) is 0.477. The van der Waals surface area contributed by atoms with Crippen LogP contribution in [0.25, 0.3) is 0 Å². The average Bonchev–Trinajstić information content (AvgIpc) is 2.28. The van der Waals surface area contributed by atoms with E-state index in [2.05, 4.69) is 0 Å². The van der Waals surface area contributed by atoms with Crippen LogP contribution in [0.4, 0.5) is 0 Å². The normalized spacial score (nSPS) is 29.0. The van der Waals surface area contributed by atoms with Gasteiger partial charge in [0.05, 0.1) is 18.8 Å². The van der Waals surface area contributed by atoms with E-state index in [0.717, 1.165) is 11.3 Å². The van der Waals surface area contributed by atoms with E-state index in [1.54, 1.807) is 7.11 Å². The van der Waals surface area contributed by atoms with Crippen molar-refractivity contribution in [3.05, 3.63) is 29.8 Å². The zero-order chi connectivity index (χ0) is 12.3. The second kappa shape index (κ2) is 5.07. The largest absolute Gasteiger partial charge is 0.497 e. The van der Waals surface area contributed by atoms with Gasteiger partial charge in [-0.15, -0.1) is 0 Å². The van der Waals surface area contributed by atoms with E-state index in [1.807, 2.05) is 31.2 Å². The van der Waals surface area contributed by atoms with Crippen LogP contribution in [0.2, 0.25) is 0 Å². The Morgan fingerprint density at radius 1 is 1.53 bits per heavy atom. The third-order valence-corrected chi connectivity index (χ3v) is 3.30. The molecule has 1 aliphatic rings. The molecule has 1 saturated heterocycles. The first-order valence-corrected chi connectivity index (χ1v) is 6.08. The summed E-state index contributed by atoms with van der Waals surface area (Å²) >= 11 is 0. The summed E-state index contributed by atoms with van der Waals surface area (Å²) in [6.07, 6.45) is 2.20. The van der Waals surface area contributed by atoms with E-state index >= 15 is 0 Å². The Morgan fingerprint density at radius 2 is 2.35 bits per heavy atom. The highest BCUT2D eigenvalue weighted by molar-refractivity contribution is 5.29. The van der Waals surface area contributed by atoms with Crippen LogP contribution in [0.3, 0.4) is 0 Å². The van der Waals surface area contributed by atoms with Crippen LogP contribution in [-0.2, 0) is 11.2 Å². The lowest BCUT2D eigenvalue weighted by atomic mass is 9.85. The van der Waals surface area contributed by atoms with E-state index in [-0.39, 0.29) is 6.10 Å². The van der Waals surface area contributed by atoms with Gasteiger partial charge in [-0.1, -0.05) is 12.1 Å². The molecule has 0 radical (unpaired) electrons. The van der Waals surface area contributed by atoms with E-state index < -0.39 is 5.60 Å². The number of benzene rings is 1. The van der Waals surface area contributed by atoms with Crippen LogP contribution >= 0.6 is 0 Å². The molecule has 0 saturated carbocycles. The summed E-state index contributed by atoms with van der Waals surface area (Å²) in [6.45, 7) is 2.65. The minimum absolute atomic E-state index is 0.138. The maximum absolute atomic E-state index is 10.5. The van der Waals surface area contributed by atoms with E-state index in [4.69, 9.17) is 9.47 Å². The quantitative estimate of drug-likeness (QED) is 0.874. The number of hydrogen-bond donors (Lipinski definition) is 1. The molecule has 0 aromatic heterocycles. The van der Waals surface area contributed by atoms with Crippen molar-refractivity contribution in [2.24, 2.45) is 0 Å². The van der Waals surface area contributed by atoms with E-state index in [1.165, 1.54) is 0 Å². The summed E-state index contributed by atoms with van der Waals surface area (Å²) < 4.78 is 10.7. The first-order valence-electron chi connectivity index (χ1n) is 6.08. The maximum Gasteiger partial charge on any atom is 0.119 e. The minimum Gasteiger partial charge on any atom is -0.497 e. The molecule has 2 unspecified atom stereocenters. The molecule has 2 atom stereocenters. The Labute approximate surface area is 102 Å². The Morgan fingerprint density at radius 3 is 3.06 bits per heavy atom. The van der Waals surface area contributed by atoms with Gasteiger partial charge in [-0.05, 0) is 31.0 Å². The first kappa shape index (κ1) is 12.4. The fourth-order valence-corrected chi connectivity index (χ4v) is 2.47. The minimum atomic E-state index is -0.635. The van der Waals surface area contributed by atoms with Crippen molar-refractivity contribution in [1.29, 1.82) is 0 Å². The van der Waals surface area contributed by atoms with Gasteiger partial charge in [0, 0.05) is 19.4 Å². The number of methoxy groups -OCH3 is 1. The molecule has 17 heavy (non-hydrogen) atoms. The van der Waals surface area contributed by atoms with Gasteiger partial charge in [-0.25, -0.2) is 0 Å². The van der Waals surface area contributed by atoms with E-state index in [9.17, 15) is 5.11 Å². The van der Waals surface area contributed by atoms with Crippen molar-refractivity contribution in [3.63, 3.8) is 0 Å². The second-order valence-corrected chi connectivity index (χ2v) is 4.89. The summed E-state index contributed by atoms with van der Waals surface area (Å²) in [5.74, 6) is 0.839. The number of aliphatic hydroxyl groups is 1. The predicted octanol–water partition coefficient (Wildman–Crippen LogP) is 2.17. The first-order chi connectivity index (χ1) is 8.11. The van der Waals surface area contributed by atoms with Gasteiger partial charge >= 0.3 is 0 Å². The standard InChI is InChI=1S/C14H20O3/c1-11-9-14(15,6-7-17-11)10-12-4-3-5-13(8-12)16-2/h3-5,8,11,15H,6-7,9-10H2,1-2H3. The highest BCUT2D eigenvalue weighted by Gasteiger charge is 2.33. The van der Waals surface area contributed by atoms with Crippen LogP contribution in [-0.4, -0.2) is 30.5 Å². The molecule has 94 valence electrons. The molecule has 1 aliphatic heterocycles. The molecule has 1 N–H and O–H groups in total. The lowest BCUT2D eigenvalue weighted by Crippen LogP contribution is -2.41. The van der Waals surface area contributed by atoms with Crippen molar-refractivity contribution < 1.29 is 14.6 Å².